The first-order valence-electron chi connectivity index (χ1n) is 0.663. The van der Waals surface area contributed by atoms with Crippen LogP contribution in [0.4, 0.5) is 0 Å². The molecule has 0 aliphatic rings. The average molecular weight is 262 g/mol. The van der Waals surface area contributed by atoms with E-state index in [0.29, 0.717) is 0 Å². The molecule has 18 valence electrons. The molecule has 4 heavy (non-hydrogen) atoms. The summed E-state index contributed by atoms with van der Waals surface area (Å²) in [4.78, 5) is 0. The van der Waals surface area contributed by atoms with Crippen molar-refractivity contribution in [1.82, 2.24) is 0 Å². The molecule has 0 aromatic carbocycles. The Morgan fingerprint density at radius 3 is 2.25 bits per heavy atom. The molecule has 0 bridgehead atoms. The van der Waals surface area contributed by atoms with Crippen LogP contribution in [-0.4, -0.2) is 24.3 Å². The summed E-state index contributed by atoms with van der Waals surface area (Å²) in [6.07, 6.45) is 0. The molecular weight excluding hydrogens is 262 g/mol. The Bertz CT molecular complexity index is 37.8. The first-order valence-corrected chi connectivity index (χ1v) is 7.04. The van der Waals surface area contributed by atoms with Crippen LogP contribution in [0.3, 0.4) is 0 Å². The summed E-state index contributed by atoms with van der Waals surface area (Å²) < 4.78 is 0. The van der Waals surface area contributed by atoms with E-state index in [0.717, 1.165) is 24.3 Å². The molecule has 0 unspecified atom stereocenters. The van der Waals surface area contributed by atoms with Crippen LogP contribution in [-0.2, 0) is 0 Å². The Morgan fingerprint density at radius 1 is 2.00 bits per heavy atom. The Hall–Kier alpha value is 0.762. The predicted molar refractivity (Wildman–Crippen MR) is 19.0 cm³/mol. The van der Waals surface area contributed by atoms with Gasteiger partial charge >= 0.3 is 43.2 Å². The van der Waals surface area contributed by atoms with Crippen LogP contribution < -0.4 is 0 Å². The van der Waals surface area contributed by atoms with Crippen LogP contribution >= 0.6 is 8.31 Å². The van der Waals surface area contributed by atoms with Crippen molar-refractivity contribution < 1.29 is 0 Å². The van der Waals surface area contributed by atoms with E-state index in [1.54, 1.807) is 0 Å². The summed E-state index contributed by atoms with van der Waals surface area (Å²) in [5, 5.41) is 9.55. The van der Waals surface area contributed by atoms with Crippen LogP contribution in [0, 0.1) is 10.7 Å². The summed E-state index contributed by atoms with van der Waals surface area (Å²) in [6.45, 7) is 0. The van der Waals surface area contributed by atoms with Gasteiger partial charge in [0, 0.05) is 0 Å². The zero-order valence-corrected chi connectivity index (χ0v) is 7.24. The number of nitrogens with zero attached hydrogens (tertiary/aromatic N) is 1. The molecule has 3 heteroatoms. The van der Waals surface area contributed by atoms with Crippen LogP contribution in [0.2, 0.25) is 0 Å². The minimum atomic E-state index is 0.787. The van der Waals surface area contributed by atoms with Gasteiger partial charge in [0.2, 0.25) is 0 Å². The van der Waals surface area contributed by atoms with E-state index < -0.39 is 0 Å². The molecule has 0 heterocycles. The van der Waals surface area contributed by atoms with Crippen molar-refractivity contribution in [2.24, 2.45) is 0 Å². The van der Waals surface area contributed by atoms with Crippen LogP contribution in [0.5, 0.6) is 0 Å². The number of rotatable bonds is 0. The fourth-order valence-electron chi connectivity index (χ4n) is 0. The van der Waals surface area contributed by atoms with Crippen molar-refractivity contribution in [2.75, 3.05) is 0 Å². The van der Waals surface area contributed by atoms with Crippen LogP contribution in [0.1, 0.15) is 0 Å². The molecule has 0 N–H and O–H groups in total. The van der Waals surface area contributed by atoms with Crippen molar-refractivity contribution in [3.05, 3.63) is 0 Å². The third-order valence-corrected chi connectivity index (χ3v) is 1.39. The summed E-state index contributed by atoms with van der Waals surface area (Å²) >= 11 is 0.787. The minimum absolute atomic E-state index is 0.787. The van der Waals surface area contributed by atoms with E-state index in [4.69, 9.17) is 5.26 Å². The van der Waals surface area contributed by atoms with Gasteiger partial charge in [-0.2, -0.15) is 0 Å². The Kier molecular flexibility index (Phi) is 4.48. The van der Waals surface area contributed by atoms with Gasteiger partial charge in [-0.1, -0.05) is 0 Å². The normalized spacial score (nSPS) is 4.50. The molecule has 1 nitrogen and oxygen atoms in total. The van der Waals surface area contributed by atoms with E-state index in [1.165, 1.54) is 8.31 Å². The summed E-state index contributed by atoms with van der Waals surface area (Å²) in [6, 6.07) is 0. The second-order valence-corrected chi connectivity index (χ2v) is 3.38. The third-order valence-electron chi connectivity index (χ3n) is 0.0527. The number of hydrogen-bond acceptors (Lipinski definition) is 2. The first kappa shape index (κ1) is 4.76. The molecule has 0 atom stereocenters. The number of thiocyanates is 1. The SMILES string of the molecule is N#C[S][Tl]. The molecule has 0 saturated carbocycles. The Morgan fingerprint density at radius 2 is 2.25 bits per heavy atom. The molecular formula is CNSTl. The van der Waals surface area contributed by atoms with E-state index in [1.807, 2.05) is 5.40 Å². The van der Waals surface area contributed by atoms with Crippen LogP contribution in [0.25, 0.3) is 0 Å². The molecule has 0 aliphatic heterocycles. The average Bonchev–Trinajstić information content (AvgIpc) is 1.37. The van der Waals surface area contributed by atoms with Gasteiger partial charge in [0.15, 0.2) is 0 Å². The quantitative estimate of drug-likeness (QED) is 0.463. The zero-order valence-electron chi connectivity index (χ0n) is 1.93. The maximum absolute atomic E-state index is 7.63. The van der Waals surface area contributed by atoms with Gasteiger partial charge in [0.05, 0.1) is 0 Å². The van der Waals surface area contributed by atoms with Gasteiger partial charge in [-0.3, -0.25) is 0 Å². The van der Waals surface area contributed by atoms with E-state index in [2.05, 4.69) is 0 Å². The van der Waals surface area contributed by atoms with Gasteiger partial charge in [0.1, 0.15) is 0 Å². The monoisotopic (exact) mass is 263 g/mol. The molecule has 0 radical (unpaired) electrons. The summed E-state index contributed by atoms with van der Waals surface area (Å²) in [7, 11) is 1.33. The summed E-state index contributed by atoms with van der Waals surface area (Å²) in [5.74, 6) is 0. The molecule has 0 amide bonds. The first-order chi connectivity index (χ1) is 1.91. The van der Waals surface area contributed by atoms with Gasteiger partial charge in [-0.25, -0.2) is 0 Å². The molecule has 0 fully saturated rings. The van der Waals surface area contributed by atoms with E-state index >= 15 is 0 Å². The molecule has 0 saturated heterocycles. The van der Waals surface area contributed by atoms with Crippen molar-refractivity contribution in [3.63, 3.8) is 0 Å². The second-order valence-electron chi connectivity index (χ2n) is 0.209. The van der Waals surface area contributed by atoms with Crippen molar-refractivity contribution in [1.29, 1.82) is 5.26 Å². The van der Waals surface area contributed by atoms with E-state index in [9.17, 15) is 0 Å². The molecule has 0 spiro atoms. The van der Waals surface area contributed by atoms with Gasteiger partial charge < -0.3 is 0 Å². The zero-order chi connectivity index (χ0) is 3.41. The standard InChI is InChI=1S/CHNS.Tl/c2-1-3;/h3H;/q;+1/p-1. The number of nitriles is 1. The van der Waals surface area contributed by atoms with Gasteiger partial charge in [-0.05, 0) is 0 Å². The second kappa shape index (κ2) is 3.76. The van der Waals surface area contributed by atoms with Gasteiger partial charge in [0.25, 0.3) is 0 Å². The van der Waals surface area contributed by atoms with Crippen molar-refractivity contribution in [3.8, 4) is 5.40 Å². The fraction of sp³-hybridized carbons (Fsp3) is 0. The number of hydrogen-bond donors (Lipinski definition) is 0. The van der Waals surface area contributed by atoms with Crippen molar-refractivity contribution in [2.45, 2.75) is 0 Å². The fourth-order valence-corrected chi connectivity index (χ4v) is 0. The van der Waals surface area contributed by atoms with Crippen LogP contribution in [0.15, 0.2) is 0 Å². The Labute approximate surface area is 43.2 Å². The molecule has 0 rings (SSSR count). The molecule has 0 aromatic heterocycles. The summed E-state index contributed by atoms with van der Waals surface area (Å²) in [5.41, 5.74) is 0. The van der Waals surface area contributed by atoms with Crippen molar-refractivity contribution >= 4 is 32.6 Å². The maximum atomic E-state index is 7.63. The molecule has 0 aliphatic carbocycles. The Balaban J connectivity index is 2.43. The van der Waals surface area contributed by atoms with Gasteiger partial charge in [-0.15, -0.1) is 0 Å². The predicted octanol–water partition coefficient (Wildman–Crippen LogP) is 0.284. The van der Waals surface area contributed by atoms with E-state index in [-0.39, 0.29) is 0 Å². The third kappa shape index (κ3) is 2.76. The topological polar surface area (TPSA) is 23.8 Å². The molecule has 0 aromatic rings.